The second-order valence-electron chi connectivity index (χ2n) is 4.26. The van der Waals surface area contributed by atoms with Crippen LogP contribution in [-0.4, -0.2) is 21.9 Å². The molecule has 0 radical (unpaired) electrons. The molecule has 1 N–H and O–H groups in total. The Morgan fingerprint density at radius 1 is 1.28 bits per heavy atom. The van der Waals surface area contributed by atoms with Crippen molar-refractivity contribution in [2.45, 2.75) is 20.4 Å². The fourth-order valence-electron chi connectivity index (χ4n) is 1.74. The normalized spacial score (nSPS) is 10.4. The van der Waals surface area contributed by atoms with Crippen LogP contribution in [0.5, 0.6) is 5.75 Å². The molecule has 0 amide bonds. The van der Waals surface area contributed by atoms with E-state index in [1.165, 1.54) is 0 Å². The number of hydrogen-bond acceptors (Lipinski definition) is 4. The van der Waals surface area contributed by atoms with E-state index in [9.17, 15) is 0 Å². The fourth-order valence-corrected chi connectivity index (χ4v) is 1.74. The number of nitrogens with zero attached hydrogens (tertiary/aromatic N) is 3. The minimum absolute atomic E-state index is 0.657. The van der Waals surface area contributed by atoms with Crippen LogP contribution >= 0.6 is 0 Å². The van der Waals surface area contributed by atoms with Gasteiger partial charge < -0.3 is 14.6 Å². The molecule has 0 unspecified atom stereocenters. The highest BCUT2D eigenvalue weighted by atomic mass is 16.5. The molecule has 0 aliphatic heterocycles. The van der Waals surface area contributed by atoms with Gasteiger partial charge in [-0.15, -0.1) is 10.2 Å². The lowest BCUT2D eigenvalue weighted by molar-refractivity contribution is 0.414. The first-order chi connectivity index (χ1) is 8.61. The predicted octanol–water partition coefficient (Wildman–Crippen LogP) is 2.05. The molecular weight excluding hydrogens is 228 g/mol. The Labute approximate surface area is 107 Å². The predicted molar refractivity (Wildman–Crippen MR) is 70.8 cm³/mol. The summed E-state index contributed by atoms with van der Waals surface area (Å²) < 4.78 is 7.16. The smallest absolute Gasteiger partial charge is 0.152 e. The molecule has 0 saturated carbocycles. The number of ether oxygens (including phenoxy) is 1. The quantitative estimate of drug-likeness (QED) is 0.897. The third-order valence-electron chi connectivity index (χ3n) is 3.05. The average Bonchev–Trinajstić information content (AvgIpc) is 2.68. The first kappa shape index (κ1) is 12.4. The Bertz CT molecular complexity index is 548. The number of aryl methyl sites for hydroxylation is 2. The van der Waals surface area contributed by atoms with Crippen LogP contribution in [0.15, 0.2) is 18.2 Å². The molecular formula is C13H18N4O. The van der Waals surface area contributed by atoms with E-state index in [-0.39, 0.29) is 0 Å². The molecule has 0 atom stereocenters. The lowest BCUT2D eigenvalue weighted by Crippen LogP contribution is -2.07. The van der Waals surface area contributed by atoms with Crippen molar-refractivity contribution in [1.82, 2.24) is 14.8 Å². The van der Waals surface area contributed by atoms with E-state index in [0.29, 0.717) is 6.54 Å². The highest BCUT2D eigenvalue weighted by molar-refractivity contribution is 5.53. The zero-order valence-electron chi connectivity index (χ0n) is 11.2. The number of methoxy groups -OCH3 is 1. The van der Waals surface area contributed by atoms with E-state index in [0.717, 1.165) is 28.6 Å². The van der Waals surface area contributed by atoms with Crippen LogP contribution in [0.25, 0.3) is 0 Å². The van der Waals surface area contributed by atoms with Gasteiger partial charge in [0.15, 0.2) is 5.82 Å². The summed E-state index contributed by atoms with van der Waals surface area (Å²) in [6.07, 6.45) is 0. The van der Waals surface area contributed by atoms with Gasteiger partial charge in [-0.3, -0.25) is 0 Å². The topological polar surface area (TPSA) is 52.0 Å². The molecule has 0 saturated heterocycles. The highest BCUT2D eigenvalue weighted by Crippen LogP contribution is 2.21. The summed E-state index contributed by atoms with van der Waals surface area (Å²) in [5.74, 6) is 2.70. The number of hydrogen-bond donors (Lipinski definition) is 1. The van der Waals surface area contributed by atoms with E-state index in [4.69, 9.17) is 4.74 Å². The van der Waals surface area contributed by atoms with Gasteiger partial charge in [-0.25, -0.2) is 0 Å². The Hall–Kier alpha value is -2.04. The maximum atomic E-state index is 5.18. The second-order valence-corrected chi connectivity index (χ2v) is 4.26. The first-order valence-electron chi connectivity index (χ1n) is 5.85. The van der Waals surface area contributed by atoms with Crippen LogP contribution in [0.1, 0.15) is 17.2 Å². The number of benzene rings is 1. The number of aromatic nitrogens is 3. The molecule has 5 heteroatoms. The molecule has 1 aromatic carbocycles. The van der Waals surface area contributed by atoms with E-state index >= 15 is 0 Å². The summed E-state index contributed by atoms with van der Waals surface area (Å²) in [7, 11) is 3.64. The van der Waals surface area contributed by atoms with Crippen molar-refractivity contribution in [3.63, 3.8) is 0 Å². The van der Waals surface area contributed by atoms with Crippen LogP contribution in [-0.2, 0) is 13.6 Å². The third-order valence-corrected chi connectivity index (χ3v) is 3.05. The van der Waals surface area contributed by atoms with Gasteiger partial charge >= 0.3 is 0 Å². The van der Waals surface area contributed by atoms with Crippen molar-refractivity contribution < 1.29 is 4.74 Å². The number of anilines is 1. The zero-order valence-corrected chi connectivity index (χ0v) is 11.2. The number of nitrogens with one attached hydrogen (secondary N) is 1. The minimum atomic E-state index is 0.657. The van der Waals surface area contributed by atoms with Gasteiger partial charge in [0.2, 0.25) is 0 Å². The highest BCUT2D eigenvalue weighted by Gasteiger charge is 2.05. The van der Waals surface area contributed by atoms with Gasteiger partial charge in [0, 0.05) is 12.7 Å². The summed E-state index contributed by atoms with van der Waals surface area (Å²) in [6, 6.07) is 5.96. The van der Waals surface area contributed by atoms with Gasteiger partial charge in [-0.1, -0.05) is 0 Å². The summed E-state index contributed by atoms with van der Waals surface area (Å²) in [6.45, 7) is 4.65. The molecule has 1 aromatic heterocycles. The lowest BCUT2D eigenvalue weighted by Gasteiger charge is -2.10. The maximum Gasteiger partial charge on any atom is 0.152 e. The molecule has 0 aliphatic carbocycles. The van der Waals surface area contributed by atoms with Crippen molar-refractivity contribution in [2.75, 3.05) is 12.4 Å². The first-order valence-corrected chi connectivity index (χ1v) is 5.85. The van der Waals surface area contributed by atoms with E-state index in [1.54, 1.807) is 7.11 Å². The van der Waals surface area contributed by atoms with Gasteiger partial charge in [0.05, 0.1) is 13.7 Å². The monoisotopic (exact) mass is 246 g/mol. The summed E-state index contributed by atoms with van der Waals surface area (Å²) in [5, 5.41) is 11.5. The van der Waals surface area contributed by atoms with Crippen LogP contribution in [0.2, 0.25) is 0 Å². The van der Waals surface area contributed by atoms with Crippen LogP contribution in [0.3, 0.4) is 0 Å². The maximum absolute atomic E-state index is 5.18. The van der Waals surface area contributed by atoms with Gasteiger partial charge in [-0.05, 0) is 37.6 Å². The Morgan fingerprint density at radius 3 is 2.61 bits per heavy atom. The molecule has 0 fully saturated rings. The van der Waals surface area contributed by atoms with Crippen molar-refractivity contribution >= 4 is 5.69 Å². The minimum Gasteiger partial charge on any atom is -0.497 e. The molecule has 0 spiro atoms. The van der Waals surface area contributed by atoms with Gasteiger partial charge in [-0.2, -0.15) is 0 Å². The van der Waals surface area contributed by atoms with Crippen LogP contribution < -0.4 is 10.1 Å². The van der Waals surface area contributed by atoms with Crippen molar-refractivity contribution in [2.24, 2.45) is 7.05 Å². The SMILES string of the molecule is COc1ccc(NCc2nnc(C)n2C)c(C)c1. The van der Waals surface area contributed by atoms with E-state index in [2.05, 4.69) is 15.5 Å². The van der Waals surface area contributed by atoms with E-state index < -0.39 is 0 Å². The van der Waals surface area contributed by atoms with Crippen LogP contribution in [0, 0.1) is 13.8 Å². The van der Waals surface area contributed by atoms with Crippen molar-refractivity contribution in [1.29, 1.82) is 0 Å². The zero-order chi connectivity index (χ0) is 13.1. The Morgan fingerprint density at radius 2 is 2.06 bits per heavy atom. The molecule has 0 aliphatic rings. The molecule has 18 heavy (non-hydrogen) atoms. The van der Waals surface area contributed by atoms with Crippen LogP contribution in [0.4, 0.5) is 5.69 Å². The molecule has 96 valence electrons. The molecule has 2 rings (SSSR count). The summed E-state index contributed by atoms with van der Waals surface area (Å²) in [5.41, 5.74) is 2.23. The Balaban J connectivity index is 2.08. The lowest BCUT2D eigenvalue weighted by atomic mass is 10.2. The van der Waals surface area contributed by atoms with Crippen molar-refractivity contribution in [3.05, 3.63) is 35.4 Å². The van der Waals surface area contributed by atoms with Gasteiger partial charge in [0.1, 0.15) is 11.6 Å². The van der Waals surface area contributed by atoms with Gasteiger partial charge in [0.25, 0.3) is 0 Å². The molecule has 5 nitrogen and oxygen atoms in total. The van der Waals surface area contributed by atoms with Crippen molar-refractivity contribution in [3.8, 4) is 5.75 Å². The largest absolute Gasteiger partial charge is 0.497 e. The number of rotatable bonds is 4. The molecule has 2 aromatic rings. The standard InChI is InChI=1S/C13H18N4O/c1-9-7-11(18-4)5-6-12(9)14-8-13-16-15-10(2)17(13)3/h5-7,14H,8H2,1-4H3. The molecule has 1 heterocycles. The Kier molecular flexibility index (Phi) is 3.50. The molecule has 0 bridgehead atoms. The third kappa shape index (κ3) is 2.45. The average molecular weight is 246 g/mol. The summed E-state index contributed by atoms with van der Waals surface area (Å²) in [4.78, 5) is 0. The summed E-state index contributed by atoms with van der Waals surface area (Å²) >= 11 is 0. The fraction of sp³-hybridized carbons (Fsp3) is 0.385. The van der Waals surface area contributed by atoms with E-state index in [1.807, 2.05) is 43.7 Å². The second kappa shape index (κ2) is 5.08.